The fourth-order valence-corrected chi connectivity index (χ4v) is 4.67. The van der Waals surface area contributed by atoms with Crippen LogP contribution in [0.2, 0.25) is 5.02 Å². The predicted molar refractivity (Wildman–Crippen MR) is 104 cm³/mol. The van der Waals surface area contributed by atoms with Gasteiger partial charge in [0.15, 0.2) is 5.13 Å². The predicted octanol–water partition coefficient (Wildman–Crippen LogP) is 3.89. The minimum absolute atomic E-state index is 0.109. The molecule has 0 fully saturated rings. The van der Waals surface area contributed by atoms with Gasteiger partial charge in [0.1, 0.15) is 0 Å². The van der Waals surface area contributed by atoms with Crippen LogP contribution < -0.4 is 10.0 Å². The van der Waals surface area contributed by atoms with E-state index < -0.39 is 10.0 Å². The van der Waals surface area contributed by atoms with E-state index in [1.54, 1.807) is 32.0 Å². The minimum Gasteiger partial charge on any atom is -0.298 e. The maximum absolute atomic E-state index is 12.4. The van der Waals surface area contributed by atoms with E-state index in [-0.39, 0.29) is 16.8 Å². The van der Waals surface area contributed by atoms with Crippen LogP contribution in [0.4, 0.5) is 5.13 Å². The lowest BCUT2D eigenvalue weighted by Crippen LogP contribution is -2.30. The van der Waals surface area contributed by atoms with Gasteiger partial charge in [-0.25, -0.2) is 18.1 Å². The number of carbonyl (C=O) groups excluding carboxylic acids is 1. The highest BCUT2D eigenvalue weighted by Crippen LogP contribution is 2.28. The Balaban J connectivity index is 1.77. The highest BCUT2D eigenvalue weighted by Gasteiger charge is 2.16. The number of nitrogens with zero attached hydrogens (tertiary/aromatic N) is 1. The largest absolute Gasteiger partial charge is 0.298 e. The summed E-state index contributed by atoms with van der Waals surface area (Å²) in [4.78, 5) is 16.8. The van der Waals surface area contributed by atoms with E-state index in [1.165, 1.54) is 35.6 Å². The van der Waals surface area contributed by atoms with Crippen LogP contribution in [0.25, 0.3) is 10.2 Å². The normalized spacial score (nSPS) is 11.8. The average Bonchev–Trinajstić information content (AvgIpc) is 2.95. The molecular formula is C17H16ClN3O3S2. The van der Waals surface area contributed by atoms with Crippen molar-refractivity contribution in [2.45, 2.75) is 24.8 Å². The molecule has 3 aromatic rings. The average molecular weight is 410 g/mol. The maximum Gasteiger partial charge on any atom is 0.257 e. The number of carbonyl (C=O) groups is 1. The molecule has 0 atom stereocenters. The third kappa shape index (κ3) is 4.21. The van der Waals surface area contributed by atoms with Crippen molar-refractivity contribution in [1.82, 2.24) is 9.71 Å². The number of nitrogens with one attached hydrogen (secondary N) is 2. The quantitative estimate of drug-likeness (QED) is 0.669. The first-order valence-electron chi connectivity index (χ1n) is 7.74. The van der Waals surface area contributed by atoms with Gasteiger partial charge in [0.05, 0.1) is 15.1 Å². The summed E-state index contributed by atoms with van der Waals surface area (Å²) in [6, 6.07) is 10.8. The Hall–Kier alpha value is -2.00. The number of hydrogen-bond donors (Lipinski definition) is 2. The van der Waals surface area contributed by atoms with E-state index in [9.17, 15) is 13.2 Å². The minimum atomic E-state index is -3.59. The Labute approximate surface area is 160 Å². The third-order valence-corrected chi connectivity index (χ3v) is 6.23. The van der Waals surface area contributed by atoms with Gasteiger partial charge in [0, 0.05) is 16.6 Å². The molecule has 26 heavy (non-hydrogen) atoms. The maximum atomic E-state index is 12.4. The number of benzene rings is 2. The number of amides is 1. The summed E-state index contributed by atoms with van der Waals surface area (Å²) in [6.07, 6.45) is 0. The Morgan fingerprint density at radius 3 is 2.50 bits per heavy atom. The van der Waals surface area contributed by atoms with Gasteiger partial charge in [0.25, 0.3) is 5.91 Å². The second-order valence-corrected chi connectivity index (χ2v) is 9.07. The summed E-state index contributed by atoms with van der Waals surface area (Å²) in [7, 11) is -3.59. The summed E-state index contributed by atoms with van der Waals surface area (Å²) in [5.41, 5.74) is 1.08. The van der Waals surface area contributed by atoms with Crippen molar-refractivity contribution in [2.75, 3.05) is 5.32 Å². The number of fused-ring (bicyclic) bond motifs is 1. The third-order valence-electron chi connectivity index (χ3n) is 3.39. The number of rotatable bonds is 5. The Kier molecular flexibility index (Phi) is 5.29. The lowest BCUT2D eigenvalue weighted by molar-refractivity contribution is 0.102. The van der Waals surface area contributed by atoms with E-state index in [2.05, 4.69) is 15.0 Å². The molecule has 0 saturated heterocycles. The molecule has 9 heteroatoms. The van der Waals surface area contributed by atoms with Crippen LogP contribution in [-0.2, 0) is 10.0 Å². The summed E-state index contributed by atoms with van der Waals surface area (Å²) in [5.74, 6) is -0.365. The van der Waals surface area contributed by atoms with Gasteiger partial charge >= 0.3 is 0 Å². The first-order chi connectivity index (χ1) is 12.2. The van der Waals surface area contributed by atoms with Crippen LogP contribution in [-0.4, -0.2) is 25.4 Å². The molecule has 0 spiro atoms. The van der Waals surface area contributed by atoms with Crippen LogP contribution in [0.5, 0.6) is 0 Å². The summed E-state index contributed by atoms with van der Waals surface area (Å²) >= 11 is 7.27. The number of thiazole rings is 1. The monoisotopic (exact) mass is 409 g/mol. The van der Waals surface area contributed by atoms with Crippen LogP contribution >= 0.6 is 22.9 Å². The number of hydrogen-bond acceptors (Lipinski definition) is 5. The zero-order valence-corrected chi connectivity index (χ0v) is 16.4. The molecule has 1 amide bonds. The van der Waals surface area contributed by atoms with E-state index >= 15 is 0 Å². The van der Waals surface area contributed by atoms with Crippen LogP contribution in [0.1, 0.15) is 24.2 Å². The lowest BCUT2D eigenvalue weighted by atomic mass is 10.2. The van der Waals surface area contributed by atoms with Gasteiger partial charge in [-0.2, -0.15) is 0 Å². The summed E-state index contributed by atoms with van der Waals surface area (Å²) < 4.78 is 27.6. The van der Waals surface area contributed by atoms with Crippen molar-refractivity contribution < 1.29 is 13.2 Å². The van der Waals surface area contributed by atoms with Crippen LogP contribution in [0.3, 0.4) is 0 Å². The zero-order valence-electron chi connectivity index (χ0n) is 14.0. The van der Waals surface area contributed by atoms with E-state index in [1.807, 2.05) is 0 Å². The molecule has 0 aliphatic heterocycles. The molecule has 0 bridgehead atoms. The molecule has 2 N–H and O–H groups in total. The lowest BCUT2D eigenvalue weighted by Gasteiger charge is -2.09. The van der Waals surface area contributed by atoms with E-state index in [4.69, 9.17) is 11.6 Å². The fourth-order valence-electron chi connectivity index (χ4n) is 2.29. The van der Waals surface area contributed by atoms with Crippen LogP contribution in [0.15, 0.2) is 47.4 Å². The standard InChI is InChI=1S/C17H16ClN3O3S2/c1-10(2)21-26(23,24)13-6-3-11(4-7-13)16(22)20-17-19-14-8-5-12(18)9-15(14)25-17/h3-10,21H,1-2H3,(H,19,20,22). The van der Waals surface area contributed by atoms with Crippen molar-refractivity contribution in [3.63, 3.8) is 0 Å². The highest BCUT2D eigenvalue weighted by atomic mass is 35.5. The Bertz CT molecular complexity index is 1060. The second-order valence-electron chi connectivity index (χ2n) is 5.89. The van der Waals surface area contributed by atoms with Gasteiger partial charge in [0.2, 0.25) is 10.0 Å². The molecule has 0 saturated carbocycles. The second kappa shape index (κ2) is 7.32. The first kappa shape index (κ1) is 18.8. The molecule has 2 aromatic carbocycles. The molecule has 1 aromatic heterocycles. The molecule has 0 radical (unpaired) electrons. The van der Waals surface area contributed by atoms with Crippen molar-refractivity contribution >= 4 is 54.2 Å². The molecule has 0 unspecified atom stereocenters. The summed E-state index contributed by atoms with van der Waals surface area (Å²) in [6.45, 7) is 3.48. The van der Waals surface area contributed by atoms with E-state index in [0.717, 1.165) is 10.2 Å². The van der Waals surface area contributed by atoms with Gasteiger partial charge in [-0.05, 0) is 56.3 Å². The van der Waals surface area contributed by atoms with Crippen molar-refractivity contribution in [3.05, 3.63) is 53.1 Å². The Morgan fingerprint density at radius 2 is 1.85 bits per heavy atom. The number of halogens is 1. The number of aromatic nitrogens is 1. The molecule has 6 nitrogen and oxygen atoms in total. The summed E-state index contributed by atoms with van der Waals surface area (Å²) in [5, 5.41) is 3.77. The highest BCUT2D eigenvalue weighted by molar-refractivity contribution is 7.89. The van der Waals surface area contributed by atoms with Crippen molar-refractivity contribution in [2.24, 2.45) is 0 Å². The molecule has 0 aliphatic rings. The van der Waals surface area contributed by atoms with Gasteiger partial charge < -0.3 is 0 Å². The fraction of sp³-hybridized carbons (Fsp3) is 0.176. The number of anilines is 1. The molecule has 0 aliphatic carbocycles. The molecule has 1 heterocycles. The Morgan fingerprint density at radius 1 is 1.15 bits per heavy atom. The van der Waals surface area contributed by atoms with E-state index in [0.29, 0.717) is 15.7 Å². The van der Waals surface area contributed by atoms with Gasteiger partial charge in [-0.3, -0.25) is 10.1 Å². The molecular weight excluding hydrogens is 394 g/mol. The molecule has 3 rings (SSSR count). The SMILES string of the molecule is CC(C)NS(=O)(=O)c1ccc(C(=O)Nc2nc3ccc(Cl)cc3s2)cc1. The van der Waals surface area contributed by atoms with Crippen LogP contribution in [0, 0.1) is 0 Å². The molecule has 136 valence electrons. The number of sulfonamides is 1. The van der Waals surface area contributed by atoms with Crippen molar-refractivity contribution in [3.8, 4) is 0 Å². The zero-order chi connectivity index (χ0) is 18.9. The first-order valence-corrected chi connectivity index (χ1v) is 10.4. The van der Waals surface area contributed by atoms with Gasteiger partial charge in [-0.1, -0.05) is 22.9 Å². The topological polar surface area (TPSA) is 88.2 Å². The van der Waals surface area contributed by atoms with Crippen molar-refractivity contribution in [1.29, 1.82) is 0 Å². The smallest absolute Gasteiger partial charge is 0.257 e. The van der Waals surface area contributed by atoms with Gasteiger partial charge in [-0.15, -0.1) is 0 Å².